The molecule has 0 aliphatic carbocycles. The second kappa shape index (κ2) is 9.97. The van der Waals surface area contributed by atoms with Gasteiger partial charge in [0.1, 0.15) is 5.56 Å². The van der Waals surface area contributed by atoms with Crippen LogP contribution < -0.4 is 20.4 Å². The molecule has 2 atom stereocenters. The number of nitrogens with one attached hydrogen (secondary N) is 2. The molecule has 0 bridgehead atoms. The molecule has 3 aliphatic rings. The number of hydrogen-bond acceptors (Lipinski definition) is 8. The van der Waals surface area contributed by atoms with Crippen molar-refractivity contribution in [3.05, 3.63) is 57.6 Å². The number of carbonyl (C=O) groups is 1. The zero-order valence-corrected chi connectivity index (χ0v) is 23.3. The van der Waals surface area contributed by atoms with Crippen LogP contribution >= 0.6 is 23.2 Å². The summed E-state index contributed by atoms with van der Waals surface area (Å²) in [5, 5.41) is 6.86. The van der Waals surface area contributed by atoms with Gasteiger partial charge in [0.2, 0.25) is 11.9 Å². The maximum atomic E-state index is 13.2. The van der Waals surface area contributed by atoms with Gasteiger partial charge in [-0.05, 0) is 63.6 Å². The lowest BCUT2D eigenvalue weighted by atomic mass is 10.0. The fourth-order valence-corrected chi connectivity index (χ4v) is 6.05. The normalized spacial score (nSPS) is 22.3. The summed E-state index contributed by atoms with van der Waals surface area (Å²) >= 11 is 13.1. The molecule has 1 aromatic heterocycles. The Bertz CT molecular complexity index is 1580. The van der Waals surface area contributed by atoms with Crippen molar-refractivity contribution in [2.75, 3.05) is 48.3 Å². The molecule has 1 saturated heterocycles. The van der Waals surface area contributed by atoms with Crippen LogP contribution in [0.5, 0.6) is 0 Å². The van der Waals surface area contributed by atoms with Gasteiger partial charge in [-0.2, -0.15) is 4.98 Å². The van der Waals surface area contributed by atoms with Crippen LogP contribution in [0.4, 0.5) is 23.1 Å². The van der Waals surface area contributed by atoms with E-state index in [0.717, 1.165) is 16.9 Å². The van der Waals surface area contributed by atoms with Crippen LogP contribution in [0.15, 0.2) is 41.4 Å². The van der Waals surface area contributed by atoms with Crippen molar-refractivity contribution in [2.45, 2.75) is 32.9 Å². The largest absolute Gasteiger partial charge is 0.368 e. The Labute approximate surface area is 242 Å². The molecule has 0 saturated carbocycles. The van der Waals surface area contributed by atoms with Crippen molar-refractivity contribution in [2.24, 2.45) is 4.99 Å². The number of benzene rings is 2. The zero-order chi connectivity index (χ0) is 29.9. The third kappa shape index (κ3) is 4.58. The number of piperazine rings is 1. The van der Waals surface area contributed by atoms with E-state index in [2.05, 4.69) is 20.5 Å². The standard InChI is InChI=1S/C28H30Cl2N8O/c1-15-12-18(8-9-21(15)37-13-16(2)36(4)17(3)14-37)32-27-33-24(22-19(29)6-5-7-20(22)30)23-25(34-27)38-11-10-31-28(38)35-26(23)39/h5-9,12,16-17H,10-11,13-14H2,1-4H3,(H,31,35,39)(H,32,33,34)/t16-,17+/i4D3. The highest BCUT2D eigenvalue weighted by Gasteiger charge is 2.36. The number of amides is 1. The average Bonchev–Trinajstić information content (AvgIpc) is 3.36. The maximum absolute atomic E-state index is 13.2. The van der Waals surface area contributed by atoms with Crippen molar-refractivity contribution >= 4 is 58.2 Å². The Morgan fingerprint density at radius 1 is 1.08 bits per heavy atom. The highest BCUT2D eigenvalue weighted by atomic mass is 35.5. The number of anilines is 4. The van der Waals surface area contributed by atoms with Gasteiger partial charge in [-0.25, -0.2) is 4.98 Å². The first-order valence-corrected chi connectivity index (χ1v) is 13.6. The van der Waals surface area contributed by atoms with E-state index in [1.165, 1.54) is 0 Å². The molecule has 1 fully saturated rings. The predicted molar refractivity (Wildman–Crippen MR) is 158 cm³/mol. The van der Waals surface area contributed by atoms with E-state index in [9.17, 15) is 4.79 Å². The van der Waals surface area contributed by atoms with Crippen LogP contribution in [-0.4, -0.2) is 72.0 Å². The quantitative estimate of drug-likeness (QED) is 0.461. The van der Waals surface area contributed by atoms with Gasteiger partial charge in [-0.15, -0.1) is 0 Å². The minimum Gasteiger partial charge on any atom is -0.368 e. The fourth-order valence-electron chi connectivity index (χ4n) is 5.48. The van der Waals surface area contributed by atoms with Gasteiger partial charge in [-0.3, -0.25) is 24.9 Å². The van der Waals surface area contributed by atoms with Crippen molar-refractivity contribution < 1.29 is 8.91 Å². The van der Waals surface area contributed by atoms with Crippen molar-refractivity contribution in [1.29, 1.82) is 0 Å². The van der Waals surface area contributed by atoms with Crippen LogP contribution in [-0.2, 0) is 0 Å². The number of hydrogen-bond donors (Lipinski definition) is 2. The van der Waals surface area contributed by atoms with E-state index in [1.807, 2.05) is 43.9 Å². The van der Waals surface area contributed by atoms with E-state index >= 15 is 0 Å². The van der Waals surface area contributed by atoms with Crippen LogP contribution in [0.1, 0.15) is 33.9 Å². The lowest BCUT2D eigenvalue weighted by Gasteiger charge is -2.44. The average molecular weight is 569 g/mol. The smallest absolute Gasteiger partial charge is 0.263 e. The summed E-state index contributed by atoms with van der Waals surface area (Å²) < 4.78 is 23.7. The van der Waals surface area contributed by atoms with E-state index in [1.54, 1.807) is 23.1 Å². The molecule has 2 aromatic carbocycles. The summed E-state index contributed by atoms with van der Waals surface area (Å²) in [4.78, 5) is 32.8. The maximum Gasteiger partial charge on any atom is 0.263 e. The first kappa shape index (κ1) is 22.4. The third-order valence-electron chi connectivity index (χ3n) is 7.35. The van der Waals surface area contributed by atoms with Crippen molar-refractivity contribution in [3.8, 4) is 11.3 Å². The Balaban J connectivity index is 1.35. The number of aromatic nitrogens is 2. The number of aliphatic imine (C=N–C) groups is 1. The molecule has 4 heterocycles. The number of halogens is 2. The summed E-state index contributed by atoms with van der Waals surface area (Å²) in [6, 6.07) is 10.8. The van der Waals surface area contributed by atoms with Gasteiger partial charge in [0.15, 0.2) is 5.82 Å². The van der Waals surface area contributed by atoms with Crippen LogP contribution in [0.3, 0.4) is 0 Å². The van der Waals surface area contributed by atoms with Crippen LogP contribution in [0, 0.1) is 6.92 Å². The highest BCUT2D eigenvalue weighted by molar-refractivity contribution is 6.39. The van der Waals surface area contributed by atoms with Crippen molar-refractivity contribution in [1.82, 2.24) is 20.2 Å². The molecule has 39 heavy (non-hydrogen) atoms. The van der Waals surface area contributed by atoms with E-state index in [-0.39, 0.29) is 29.5 Å². The molecule has 0 spiro atoms. The molecule has 6 rings (SSSR count). The molecule has 0 radical (unpaired) electrons. The summed E-state index contributed by atoms with van der Waals surface area (Å²) in [5.74, 6) is 0.792. The van der Waals surface area contributed by atoms with Gasteiger partial charge in [0.05, 0.1) is 22.3 Å². The molecule has 11 heteroatoms. The molecule has 0 unspecified atom stereocenters. The number of aryl methyl sites for hydroxylation is 1. The van der Waals surface area contributed by atoms with Gasteiger partial charge >= 0.3 is 0 Å². The minimum atomic E-state index is -2.13. The summed E-state index contributed by atoms with van der Waals surface area (Å²) in [6.07, 6.45) is 0. The topological polar surface area (TPSA) is 89.0 Å². The predicted octanol–water partition coefficient (Wildman–Crippen LogP) is 4.95. The number of likely N-dealkylation sites (N-methyl/N-ethyl adjacent to an activating group) is 1. The zero-order valence-electron chi connectivity index (χ0n) is 24.8. The van der Waals surface area contributed by atoms with Gasteiger partial charge in [-0.1, -0.05) is 29.3 Å². The molecule has 1 amide bonds. The third-order valence-corrected chi connectivity index (χ3v) is 7.98. The molecule has 9 nitrogen and oxygen atoms in total. The van der Waals surface area contributed by atoms with Gasteiger partial charge in [0.25, 0.3) is 5.91 Å². The monoisotopic (exact) mass is 567 g/mol. The Hall–Kier alpha value is -3.40. The summed E-state index contributed by atoms with van der Waals surface area (Å²) in [6.45, 7) is 6.10. The van der Waals surface area contributed by atoms with E-state index in [0.29, 0.717) is 59.3 Å². The number of rotatable bonds is 4. The molecule has 3 aliphatic heterocycles. The molecule has 2 N–H and O–H groups in total. The number of carbonyl (C=O) groups excluding carboxylic acids is 1. The SMILES string of the molecule is [2H]C([2H])([2H])N1[C@H](C)CN(c2ccc(Nc3nc(-c4c(Cl)cccc4Cl)c4c(n3)N3CCN=C3NC4=O)cc2C)C[C@@H]1C. The second-order valence-electron chi connectivity index (χ2n) is 10.1. The summed E-state index contributed by atoms with van der Waals surface area (Å²) in [7, 11) is 0. The molecular formula is C28H30Cl2N8O. The fraction of sp³-hybridized carbons (Fsp3) is 0.357. The van der Waals surface area contributed by atoms with Gasteiger partial charge < -0.3 is 10.2 Å². The Morgan fingerprint density at radius 3 is 2.51 bits per heavy atom. The number of guanidine groups is 1. The summed E-state index contributed by atoms with van der Waals surface area (Å²) in [5.41, 5.74) is 3.86. The first-order valence-electron chi connectivity index (χ1n) is 14.3. The van der Waals surface area contributed by atoms with E-state index < -0.39 is 6.98 Å². The van der Waals surface area contributed by atoms with E-state index in [4.69, 9.17) is 37.3 Å². The van der Waals surface area contributed by atoms with Crippen molar-refractivity contribution in [3.63, 3.8) is 0 Å². The molecular weight excluding hydrogens is 535 g/mol. The molecule has 202 valence electrons. The lowest BCUT2D eigenvalue weighted by Crippen LogP contribution is -2.55. The number of fused-ring (bicyclic) bond motifs is 3. The molecule has 3 aromatic rings. The van der Waals surface area contributed by atoms with Crippen LogP contribution in [0.25, 0.3) is 11.3 Å². The van der Waals surface area contributed by atoms with Crippen LogP contribution in [0.2, 0.25) is 10.0 Å². The lowest BCUT2D eigenvalue weighted by molar-refractivity contribution is 0.0974. The highest BCUT2D eigenvalue weighted by Crippen LogP contribution is 2.40. The Kier molecular flexibility index (Phi) is 5.73. The Morgan fingerprint density at radius 2 is 1.82 bits per heavy atom. The van der Waals surface area contributed by atoms with Gasteiger partial charge in [0, 0.05) is 52.8 Å². The second-order valence-corrected chi connectivity index (χ2v) is 11.0. The minimum absolute atomic E-state index is 0.131. The first-order chi connectivity index (χ1) is 19.9. The number of nitrogens with zero attached hydrogens (tertiary/aromatic N) is 6.